The Morgan fingerprint density at radius 1 is 0.333 bits per heavy atom. The molecule has 0 aliphatic heterocycles. The summed E-state index contributed by atoms with van der Waals surface area (Å²) >= 11 is 3.60. The van der Waals surface area contributed by atoms with Crippen molar-refractivity contribution < 1.29 is 0 Å². The molecule has 0 amide bonds. The largest absolute Gasteiger partial charge is 0.309 e. The highest BCUT2D eigenvalue weighted by Crippen LogP contribution is 2.41. The van der Waals surface area contributed by atoms with Crippen LogP contribution in [0.1, 0.15) is 0 Å². The lowest BCUT2D eigenvalue weighted by Gasteiger charge is -2.11. The van der Waals surface area contributed by atoms with Gasteiger partial charge in [-0.1, -0.05) is 115 Å². The van der Waals surface area contributed by atoms with Crippen LogP contribution in [-0.2, 0) is 0 Å². The number of aromatic nitrogens is 4. The molecule has 0 aliphatic carbocycles. The van der Waals surface area contributed by atoms with Crippen molar-refractivity contribution >= 4 is 84.8 Å². The smallest absolute Gasteiger partial charge is 0.165 e. The van der Waals surface area contributed by atoms with Crippen LogP contribution < -0.4 is 0 Å². The van der Waals surface area contributed by atoms with E-state index >= 15 is 0 Å². The van der Waals surface area contributed by atoms with Crippen LogP contribution in [0, 0.1) is 0 Å². The topological polar surface area (TPSA) is 43.6 Å². The van der Waals surface area contributed by atoms with Gasteiger partial charge in [0.05, 0.1) is 11.0 Å². The van der Waals surface area contributed by atoms with Crippen LogP contribution in [0.4, 0.5) is 0 Å². The number of nitrogens with zero attached hydrogens (tertiary/aromatic N) is 4. The molecule has 0 saturated heterocycles. The van der Waals surface area contributed by atoms with Gasteiger partial charge in [0.2, 0.25) is 0 Å². The molecule has 266 valence electrons. The predicted molar refractivity (Wildman–Crippen MR) is 242 cm³/mol. The maximum Gasteiger partial charge on any atom is 0.165 e. The third-order valence-electron chi connectivity index (χ3n) is 11.1. The van der Waals surface area contributed by atoms with E-state index in [1.165, 1.54) is 73.3 Å². The van der Waals surface area contributed by atoms with E-state index in [0.29, 0.717) is 17.5 Å². The number of para-hydroxylation sites is 1. The molecule has 0 bridgehead atoms. The van der Waals surface area contributed by atoms with Crippen molar-refractivity contribution in [2.45, 2.75) is 0 Å². The van der Waals surface area contributed by atoms with E-state index in [4.69, 9.17) is 15.0 Å². The molecular formula is C51H30N4S2. The fraction of sp³-hybridized carbons (Fsp3) is 0. The Kier molecular flexibility index (Phi) is 7.24. The third kappa shape index (κ3) is 5.22. The second kappa shape index (κ2) is 12.8. The summed E-state index contributed by atoms with van der Waals surface area (Å²) in [5, 5.41) is 7.45. The Morgan fingerprint density at radius 2 is 0.930 bits per heavy atom. The first-order valence-electron chi connectivity index (χ1n) is 19.0. The van der Waals surface area contributed by atoms with Gasteiger partial charge in [-0.25, -0.2) is 15.0 Å². The lowest BCUT2D eigenvalue weighted by Crippen LogP contribution is -2.00. The van der Waals surface area contributed by atoms with Gasteiger partial charge in [0.25, 0.3) is 0 Å². The molecule has 4 nitrogen and oxygen atoms in total. The normalized spacial score (nSPS) is 11.9. The SMILES string of the molecule is c1ccc(-c2ccc3c(c2)c2ccccc2n3-c2ccc(-c3nc(-c4ccc5c(c4)sc4ccccc45)nc(-c4cccc5c4sc4ccccc45)n3)cc2)cc1. The zero-order valence-corrected chi connectivity index (χ0v) is 32.1. The summed E-state index contributed by atoms with van der Waals surface area (Å²) < 4.78 is 7.28. The summed E-state index contributed by atoms with van der Waals surface area (Å²) in [5.41, 5.74) is 8.76. The fourth-order valence-corrected chi connectivity index (χ4v) is 10.7. The molecule has 0 atom stereocenters. The maximum atomic E-state index is 5.23. The van der Waals surface area contributed by atoms with Gasteiger partial charge in [-0.15, -0.1) is 22.7 Å². The minimum Gasteiger partial charge on any atom is -0.309 e. The van der Waals surface area contributed by atoms with Gasteiger partial charge in [0.1, 0.15) is 0 Å². The monoisotopic (exact) mass is 762 g/mol. The summed E-state index contributed by atoms with van der Waals surface area (Å²) in [6, 6.07) is 65.0. The van der Waals surface area contributed by atoms with E-state index in [1.54, 1.807) is 22.7 Å². The van der Waals surface area contributed by atoms with Gasteiger partial charge in [-0.05, 0) is 77.9 Å². The molecule has 0 unspecified atom stereocenters. The number of thiophene rings is 2. The highest BCUT2D eigenvalue weighted by Gasteiger charge is 2.19. The minimum atomic E-state index is 0.644. The second-order valence-corrected chi connectivity index (χ2v) is 16.5. The highest BCUT2D eigenvalue weighted by atomic mass is 32.1. The van der Waals surface area contributed by atoms with Crippen molar-refractivity contribution in [1.29, 1.82) is 0 Å². The molecular weight excluding hydrogens is 733 g/mol. The lowest BCUT2D eigenvalue weighted by molar-refractivity contribution is 1.08. The van der Waals surface area contributed by atoms with Crippen LogP contribution in [0.3, 0.4) is 0 Å². The molecule has 0 spiro atoms. The van der Waals surface area contributed by atoms with E-state index in [2.05, 4.69) is 187 Å². The molecule has 8 aromatic carbocycles. The van der Waals surface area contributed by atoms with Crippen LogP contribution in [0.2, 0.25) is 0 Å². The summed E-state index contributed by atoms with van der Waals surface area (Å²) in [7, 11) is 0. The Bertz CT molecular complexity index is 3520. The lowest BCUT2D eigenvalue weighted by atomic mass is 10.0. The van der Waals surface area contributed by atoms with E-state index in [9.17, 15) is 0 Å². The number of hydrogen-bond donors (Lipinski definition) is 0. The van der Waals surface area contributed by atoms with Crippen LogP contribution in [0.15, 0.2) is 182 Å². The number of fused-ring (bicyclic) bond motifs is 9. The van der Waals surface area contributed by atoms with Crippen molar-refractivity contribution in [3.05, 3.63) is 182 Å². The molecule has 57 heavy (non-hydrogen) atoms. The summed E-state index contributed by atoms with van der Waals surface area (Å²) in [5.74, 6) is 1.98. The van der Waals surface area contributed by atoms with Gasteiger partial charge in [0.15, 0.2) is 17.5 Å². The molecule has 0 aliphatic rings. The van der Waals surface area contributed by atoms with Gasteiger partial charge in [-0.3, -0.25) is 0 Å². The Balaban J connectivity index is 1.02. The van der Waals surface area contributed by atoms with Crippen LogP contribution in [-0.4, -0.2) is 19.5 Å². The molecule has 0 N–H and O–H groups in total. The molecule has 12 aromatic rings. The number of rotatable bonds is 5. The van der Waals surface area contributed by atoms with Crippen molar-refractivity contribution in [2.75, 3.05) is 0 Å². The Morgan fingerprint density at radius 3 is 1.75 bits per heavy atom. The molecule has 0 radical (unpaired) electrons. The second-order valence-electron chi connectivity index (χ2n) is 14.4. The van der Waals surface area contributed by atoms with Crippen molar-refractivity contribution in [3.8, 4) is 51.0 Å². The minimum absolute atomic E-state index is 0.644. The highest BCUT2D eigenvalue weighted by molar-refractivity contribution is 7.26. The molecule has 4 heterocycles. The molecule has 0 fully saturated rings. The quantitative estimate of drug-likeness (QED) is 0.175. The summed E-state index contributed by atoms with van der Waals surface area (Å²) in [4.78, 5) is 15.6. The first kappa shape index (κ1) is 32.3. The van der Waals surface area contributed by atoms with Crippen LogP contribution >= 0.6 is 22.7 Å². The Labute approximate surface area is 335 Å². The zero-order chi connectivity index (χ0) is 37.5. The number of hydrogen-bond acceptors (Lipinski definition) is 5. The van der Waals surface area contributed by atoms with Crippen LogP contribution in [0.25, 0.3) is 113 Å². The molecule has 6 heteroatoms. The summed E-state index contributed by atoms with van der Waals surface area (Å²) in [6.07, 6.45) is 0. The van der Waals surface area contributed by atoms with Gasteiger partial charge in [-0.2, -0.15) is 0 Å². The standard InChI is InChI=1S/C51H30N4S2/c1-2-11-31(12-3-1)33-24-28-44-42(29-33)36-13-4-7-18-43(36)55(44)35-25-21-32(22-26-35)49-52-50(34-23-27-39-37-14-5-8-19-45(37)56-47(39)30-34)54-51(53-49)41-17-10-16-40-38-15-6-9-20-46(38)57-48(40)41/h1-30H. The summed E-state index contributed by atoms with van der Waals surface area (Å²) in [6.45, 7) is 0. The van der Waals surface area contributed by atoms with E-state index in [-0.39, 0.29) is 0 Å². The Hall–Kier alpha value is -6.99. The molecule has 0 saturated carbocycles. The third-order valence-corrected chi connectivity index (χ3v) is 13.4. The van der Waals surface area contributed by atoms with Gasteiger partial charge in [0, 0.05) is 73.5 Å². The molecule has 4 aromatic heterocycles. The first-order valence-corrected chi connectivity index (χ1v) is 20.6. The van der Waals surface area contributed by atoms with E-state index in [0.717, 1.165) is 22.4 Å². The van der Waals surface area contributed by atoms with Gasteiger partial charge < -0.3 is 4.57 Å². The predicted octanol–water partition coefficient (Wildman–Crippen LogP) is 14.4. The number of benzene rings is 8. The van der Waals surface area contributed by atoms with Crippen molar-refractivity contribution in [1.82, 2.24) is 19.5 Å². The average molecular weight is 763 g/mol. The zero-order valence-electron chi connectivity index (χ0n) is 30.4. The fourth-order valence-electron chi connectivity index (χ4n) is 8.36. The van der Waals surface area contributed by atoms with E-state index in [1.807, 2.05) is 0 Å². The van der Waals surface area contributed by atoms with Crippen molar-refractivity contribution in [3.63, 3.8) is 0 Å². The average Bonchev–Trinajstić information content (AvgIpc) is 3.96. The maximum absolute atomic E-state index is 5.23. The van der Waals surface area contributed by atoms with Gasteiger partial charge >= 0.3 is 0 Å². The first-order chi connectivity index (χ1) is 28.2. The van der Waals surface area contributed by atoms with Crippen molar-refractivity contribution in [2.24, 2.45) is 0 Å². The molecule has 12 rings (SSSR count). The van der Waals surface area contributed by atoms with E-state index < -0.39 is 0 Å². The van der Waals surface area contributed by atoms with Crippen LogP contribution in [0.5, 0.6) is 0 Å².